The standard InChI is InChI=1S/C26H29N3O7S2/c1-17-5-6-21(15-18(17)2)28-38(33,34)23-10-7-20(8-11-23)27-26(30)19(3)29(37(4,31)32)22-9-12-24-25(16-22)36-14-13-35-24/h5-12,15-16,19,28H,13-14H2,1-4H3,(H,27,30)/t19-/m1/s1. The number of fused-ring (bicyclic) bond motifs is 1. The Kier molecular flexibility index (Phi) is 7.56. The van der Waals surface area contributed by atoms with E-state index in [1.165, 1.54) is 37.3 Å². The lowest BCUT2D eigenvalue weighted by atomic mass is 10.1. The lowest BCUT2D eigenvalue weighted by Crippen LogP contribution is -2.45. The molecular weight excluding hydrogens is 530 g/mol. The molecule has 12 heteroatoms. The third-order valence-corrected chi connectivity index (χ3v) is 8.70. The number of nitrogens with one attached hydrogen (secondary N) is 2. The van der Waals surface area contributed by atoms with Gasteiger partial charge in [0.15, 0.2) is 11.5 Å². The van der Waals surface area contributed by atoms with E-state index >= 15 is 0 Å². The largest absolute Gasteiger partial charge is 0.486 e. The van der Waals surface area contributed by atoms with Crippen LogP contribution in [-0.2, 0) is 24.8 Å². The Hall–Kier alpha value is -3.77. The summed E-state index contributed by atoms with van der Waals surface area (Å²) in [6, 6.07) is 14.4. The van der Waals surface area contributed by atoms with Crippen LogP contribution < -0.4 is 23.8 Å². The van der Waals surface area contributed by atoms with E-state index in [4.69, 9.17) is 9.47 Å². The van der Waals surface area contributed by atoms with E-state index in [-0.39, 0.29) is 10.6 Å². The van der Waals surface area contributed by atoms with Crippen molar-refractivity contribution >= 4 is 43.0 Å². The predicted octanol–water partition coefficient (Wildman–Crippen LogP) is 3.67. The topological polar surface area (TPSA) is 131 Å². The van der Waals surface area contributed by atoms with Crippen LogP contribution in [0.1, 0.15) is 18.1 Å². The Morgan fingerprint density at radius 3 is 2.11 bits per heavy atom. The van der Waals surface area contributed by atoms with Gasteiger partial charge in [0.1, 0.15) is 19.3 Å². The second-order valence-corrected chi connectivity index (χ2v) is 12.5. The predicted molar refractivity (Wildman–Crippen MR) is 146 cm³/mol. The van der Waals surface area contributed by atoms with Crippen molar-refractivity contribution in [2.75, 3.05) is 33.8 Å². The van der Waals surface area contributed by atoms with E-state index in [1.807, 2.05) is 19.9 Å². The maximum atomic E-state index is 13.0. The fourth-order valence-electron chi connectivity index (χ4n) is 3.96. The number of ether oxygens (including phenoxy) is 2. The second-order valence-electron chi connectivity index (χ2n) is 8.98. The van der Waals surface area contributed by atoms with Gasteiger partial charge in [-0.05, 0) is 80.4 Å². The zero-order valence-electron chi connectivity index (χ0n) is 21.4. The number of aryl methyl sites for hydroxylation is 2. The molecule has 0 bridgehead atoms. The number of amides is 1. The molecule has 0 fully saturated rings. The maximum absolute atomic E-state index is 13.0. The Balaban J connectivity index is 1.50. The molecule has 1 amide bonds. The van der Waals surface area contributed by atoms with Crippen LogP contribution in [-0.4, -0.2) is 48.3 Å². The summed E-state index contributed by atoms with van der Waals surface area (Å²) in [7, 11) is -7.71. The molecule has 3 aromatic carbocycles. The number of hydrogen-bond donors (Lipinski definition) is 2. The van der Waals surface area contributed by atoms with Crippen LogP contribution in [0.5, 0.6) is 11.5 Å². The Morgan fingerprint density at radius 2 is 1.47 bits per heavy atom. The van der Waals surface area contributed by atoms with Gasteiger partial charge in [-0.25, -0.2) is 16.8 Å². The molecule has 2 N–H and O–H groups in total. The first kappa shape index (κ1) is 27.3. The van der Waals surface area contributed by atoms with Crippen LogP contribution in [0.15, 0.2) is 65.6 Å². The average molecular weight is 560 g/mol. The van der Waals surface area contributed by atoms with Crippen molar-refractivity contribution in [2.45, 2.75) is 31.7 Å². The Bertz CT molecular complexity index is 1570. The lowest BCUT2D eigenvalue weighted by molar-refractivity contribution is -0.116. The van der Waals surface area contributed by atoms with E-state index in [0.29, 0.717) is 36.1 Å². The number of rotatable bonds is 8. The monoisotopic (exact) mass is 559 g/mol. The summed E-state index contributed by atoms with van der Waals surface area (Å²) in [4.78, 5) is 13.1. The molecule has 4 rings (SSSR count). The maximum Gasteiger partial charge on any atom is 0.261 e. The summed E-state index contributed by atoms with van der Waals surface area (Å²) in [6.45, 7) is 6.01. The molecule has 202 valence electrons. The number of benzene rings is 3. The molecular formula is C26H29N3O7S2. The molecule has 0 unspecified atom stereocenters. The minimum absolute atomic E-state index is 0.0100. The van der Waals surface area contributed by atoms with Crippen LogP contribution in [0.2, 0.25) is 0 Å². The van der Waals surface area contributed by atoms with Crippen molar-refractivity contribution in [3.63, 3.8) is 0 Å². The van der Waals surface area contributed by atoms with E-state index in [1.54, 1.807) is 24.3 Å². The first-order chi connectivity index (χ1) is 17.8. The molecule has 1 heterocycles. The molecule has 0 saturated carbocycles. The van der Waals surface area contributed by atoms with Crippen LogP contribution in [0.4, 0.5) is 17.1 Å². The van der Waals surface area contributed by atoms with E-state index in [2.05, 4.69) is 10.0 Å². The van der Waals surface area contributed by atoms with Crippen LogP contribution in [0.25, 0.3) is 0 Å². The molecule has 3 aromatic rings. The summed E-state index contributed by atoms with van der Waals surface area (Å²) in [5.41, 5.74) is 3.00. The zero-order valence-corrected chi connectivity index (χ0v) is 23.0. The number of carbonyl (C=O) groups excluding carboxylic acids is 1. The van der Waals surface area contributed by atoms with Gasteiger partial charge in [-0.3, -0.25) is 13.8 Å². The summed E-state index contributed by atoms with van der Waals surface area (Å²) in [6.07, 6.45) is 1.01. The van der Waals surface area contributed by atoms with Crippen LogP contribution in [0.3, 0.4) is 0 Å². The molecule has 1 aliphatic rings. The molecule has 0 radical (unpaired) electrons. The molecule has 0 saturated heterocycles. The normalized spacial score (nSPS) is 13.9. The van der Waals surface area contributed by atoms with Gasteiger partial charge >= 0.3 is 0 Å². The molecule has 0 aromatic heterocycles. The first-order valence-electron chi connectivity index (χ1n) is 11.8. The number of nitrogens with zero attached hydrogens (tertiary/aromatic N) is 1. The number of sulfonamides is 2. The van der Waals surface area contributed by atoms with Gasteiger partial charge in [0.25, 0.3) is 10.0 Å². The second kappa shape index (κ2) is 10.5. The zero-order chi connectivity index (χ0) is 27.7. The molecule has 38 heavy (non-hydrogen) atoms. The van der Waals surface area contributed by atoms with Crippen molar-refractivity contribution in [3.8, 4) is 11.5 Å². The van der Waals surface area contributed by atoms with Crippen LogP contribution in [0, 0.1) is 13.8 Å². The van der Waals surface area contributed by atoms with Crippen molar-refractivity contribution in [1.82, 2.24) is 0 Å². The lowest BCUT2D eigenvalue weighted by Gasteiger charge is -2.29. The fourth-order valence-corrected chi connectivity index (χ4v) is 6.18. The smallest absolute Gasteiger partial charge is 0.261 e. The minimum Gasteiger partial charge on any atom is -0.486 e. The quantitative estimate of drug-likeness (QED) is 0.431. The minimum atomic E-state index is -3.85. The first-order valence-corrected chi connectivity index (χ1v) is 15.1. The Morgan fingerprint density at radius 1 is 0.842 bits per heavy atom. The molecule has 1 aliphatic heterocycles. The molecule has 0 spiro atoms. The summed E-state index contributed by atoms with van der Waals surface area (Å²) in [5, 5.41) is 2.65. The van der Waals surface area contributed by atoms with Gasteiger partial charge in [-0.15, -0.1) is 0 Å². The highest BCUT2D eigenvalue weighted by Crippen LogP contribution is 2.35. The number of hydrogen-bond acceptors (Lipinski definition) is 7. The van der Waals surface area contributed by atoms with E-state index < -0.39 is 32.0 Å². The third kappa shape index (κ3) is 6.03. The van der Waals surface area contributed by atoms with E-state index in [0.717, 1.165) is 21.7 Å². The molecule has 0 aliphatic carbocycles. The van der Waals surface area contributed by atoms with Gasteiger partial charge < -0.3 is 14.8 Å². The highest BCUT2D eigenvalue weighted by Gasteiger charge is 2.30. The van der Waals surface area contributed by atoms with E-state index in [9.17, 15) is 21.6 Å². The van der Waals surface area contributed by atoms with Gasteiger partial charge in [0, 0.05) is 17.4 Å². The highest BCUT2D eigenvalue weighted by molar-refractivity contribution is 7.92. The average Bonchev–Trinajstić information content (AvgIpc) is 2.85. The van der Waals surface area contributed by atoms with Crippen molar-refractivity contribution in [3.05, 3.63) is 71.8 Å². The van der Waals surface area contributed by atoms with Crippen LogP contribution >= 0.6 is 0 Å². The van der Waals surface area contributed by atoms with Crippen molar-refractivity contribution < 1.29 is 31.1 Å². The summed E-state index contributed by atoms with van der Waals surface area (Å²) < 4.78 is 65.5. The fraction of sp³-hybridized carbons (Fsp3) is 0.269. The van der Waals surface area contributed by atoms with Crippen molar-refractivity contribution in [2.24, 2.45) is 0 Å². The van der Waals surface area contributed by atoms with Gasteiger partial charge in [0.2, 0.25) is 15.9 Å². The summed E-state index contributed by atoms with van der Waals surface area (Å²) >= 11 is 0. The third-order valence-electron chi connectivity index (χ3n) is 6.06. The number of carbonyl (C=O) groups is 1. The molecule has 10 nitrogen and oxygen atoms in total. The highest BCUT2D eigenvalue weighted by atomic mass is 32.2. The van der Waals surface area contributed by atoms with Gasteiger partial charge in [-0.1, -0.05) is 6.07 Å². The number of anilines is 3. The SMILES string of the molecule is Cc1ccc(NS(=O)(=O)c2ccc(NC(=O)[C@@H](C)N(c3ccc4c(c3)OCCO4)S(C)(=O)=O)cc2)cc1C. The van der Waals surface area contributed by atoms with Gasteiger partial charge in [-0.2, -0.15) is 0 Å². The Labute approximate surface area is 222 Å². The van der Waals surface area contributed by atoms with Gasteiger partial charge in [0.05, 0.1) is 16.8 Å². The molecule has 1 atom stereocenters. The van der Waals surface area contributed by atoms with Crippen molar-refractivity contribution in [1.29, 1.82) is 0 Å². The summed E-state index contributed by atoms with van der Waals surface area (Å²) in [5.74, 6) is 0.281.